The molecule has 1 heterocycles. The Kier molecular flexibility index (Phi) is 4.56. The summed E-state index contributed by atoms with van der Waals surface area (Å²) in [6.45, 7) is 2.93. The van der Waals surface area contributed by atoms with Crippen LogP contribution in [0.4, 0.5) is 0 Å². The zero-order valence-corrected chi connectivity index (χ0v) is 11.6. The van der Waals surface area contributed by atoms with Crippen molar-refractivity contribution < 1.29 is 4.74 Å². The molecule has 3 unspecified atom stereocenters. The van der Waals surface area contributed by atoms with Crippen molar-refractivity contribution >= 4 is 15.9 Å². The van der Waals surface area contributed by atoms with Gasteiger partial charge in [0.1, 0.15) is 0 Å². The van der Waals surface area contributed by atoms with Crippen LogP contribution in [0.1, 0.15) is 18.9 Å². The van der Waals surface area contributed by atoms with E-state index in [-0.39, 0.29) is 0 Å². The monoisotopic (exact) mass is 298 g/mol. The Morgan fingerprint density at radius 3 is 2.71 bits per heavy atom. The molecule has 0 spiro atoms. The van der Waals surface area contributed by atoms with Gasteiger partial charge in [0, 0.05) is 16.4 Å². The maximum atomic E-state index is 5.66. The molecule has 17 heavy (non-hydrogen) atoms. The number of rotatable bonds is 4. The number of benzene rings is 1. The topological polar surface area (TPSA) is 47.3 Å². The molecule has 1 saturated heterocycles. The maximum absolute atomic E-state index is 5.66. The minimum absolute atomic E-state index is 0.293. The first-order valence-electron chi connectivity index (χ1n) is 6.01. The van der Waals surface area contributed by atoms with Gasteiger partial charge in [-0.05, 0) is 37.5 Å². The fraction of sp³-hybridized carbons (Fsp3) is 0.538. The number of ether oxygens (including phenoxy) is 1. The van der Waals surface area contributed by atoms with Crippen LogP contribution in [0.3, 0.4) is 0 Å². The molecule has 3 atom stereocenters. The summed E-state index contributed by atoms with van der Waals surface area (Å²) >= 11 is 3.44. The molecular formula is C13H19BrN2O. The van der Waals surface area contributed by atoms with Gasteiger partial charge in [0.25, 0.3) is 0 Å². The van der Waals surface area contributed by atoms with Crippen LogP contribution in [0, 0.1) is 5.92 Å². The molecule has 0 aliphatic carbocycles. The van der Waals surface area contributed by atoms with Gasteiger partial charge in [-0.25, -0.2) is 0 Å². The zero-order chi connectivity index (χ0) is 12.3. The summed E-state index contributed by atoms with van der Waals surface area (Å²) in [4.78, 5) is 0. The lowest BCUT2D eigenvalue weighted by atomic mass is 9.92. The van der Waals surface area contributed by atoms with Gasteiger partial charge in [-0.2, -0.15) is 0 Å². The highest BCUT2D eigenvalue weighted by molar-refractivity contribution is 9.10. The van der Waals surface area contributed by atoms with Crippen LogP contribution in [0.2, 0.25) is 0 Å². The van der Waals surface area contributed by atoms with E-state index < -0.39 is 0 Å². The smallest absolute Gasteiger partial charge is 0.0551 e. The van der Waals surface area contributed by atoms with Crippen molar-refractivity contribution in [3.05, 3.63) is 34.3 Å². The third-order valence-corrected chi connectivity index (χ3v) is 3.91. The number of nitrogens with one attached hydrogen (secondary N) is 1. The van der Waals surface area contributed by atoms with E-state index in [9.17, 15) is 0 Å². The first-order valence-corrected chi connectivity index (χ1v) is 6.80. The van der Waals surface area contributed by atoms with Crippen molar-refractivity contribution in [2.24, 2.45) is 11.8 Å². The van der Waals surface area contributed by atoms with E-state index in [1.54, 1.807) is 0 Å². The van der Waals surface area contributed by atoms with Crippen LogP contribution in [0.25, 0.3) is 0 Å². The lowest BCUT2D eigenvalue weighted by molar-refractivity contribution is 0.117. The van der Waals surface area contributed by atoms with Gasteiger partial charge in [-0.15, -0.1) is 0 Å². The molecule has 1 aromatic rings. The van der Waals surface area contributed by atoms with Crippen molar-refractivity contribution in [1.82, 2.24) is 5.43 Å². The number of hydrogen-bond acceptors (Lipinski definition) is 3. The van der Waals surface area contributed by atoms with Crippen molar-refractivity contribution in [2.75, 3.05) is 6.61 Å². The molecular weight excluding hydrogens is 280 g/mol. The highest BCUT2D eigenvalue weighted by atomic mass is 79.9. The molecule has 1 aromatic carbocycles. The van der Waals surface area contributed by atoms with E-state index in [1.807, 2.05) is 0 Å². The molecule has 0 saturated carbocycles. The van der Waals surface area contributed by atoms with Gasteiger partial charge in [0.05, 0.1) is 12.7 Å². The number of halogens is 1. The number of hydrazine groups is 1. The van der Waals surface area contributed by atoms with Gasteiger partial charge in [0.15, 0.2) is 0 Å². The summed E-state index contributed by atoms with van der Waals surface area (Å²) in [6, 6.07) is 8.69. The maximum Gasteiger partial charge on any atom is 0.0551 e. The van der Waals surface area contributed by atoms with E-state index >= 15 is 0 Å². The number of nitrogens with two attached hydrogens (primary N) is 1. The van der Waals surface area contributed by atoms with Crippen LogP contribution < -0.4 is 11.3 Å². The largest absolute Gasteiger partial charge is 0.378 e. The molecule has 2 rings (SSSR count). The Hall–Kier alpha value is -0.420. The summed E-state index contributed by atoms with van der Waals surface area (Å²) in [5.74, 6) is 6.17. The summed E-state index contributed by atoms with van der Waals surface area (Å²) in [5, 5.41) is 0. The molecule has 0 amide bonds. The predicted molar refractivity (Wildman–Crippen MR) is 72.5 cm³/mol. The fourth-order valence-corrected chi connectivity index (χ4v) is 2.63. The molecule has 3 N–H and O–H groups in total. The minimum Gasteiger partial charge on any atom is -0.378 e. The highest BCUT2D eigenvalue weighted by Gasteiger charge is 2.28. The van der Waals surface area contributed by atoms with Crippen LogP contribution in [0.15, 0.2) is 28.7 Å². The van der Waals surface area contributed by atoms with Crippen molar-refractivity contribution in [2.45, 2.75) is 31.9 Å². The number of hydrogen-bond donors (Lipinski definition) is 2. The van der Waals surface area contributed by atoms with Crippen molar-refractivity contribution in [1.29, 1.82) is 0 Å². The Morgan fingerprint density at radius 1 is 1.47 bits per heavy atom. The van der Waals surface area contributed by atoms with E-state index in [0.29, 0.717) is 18.1 Å². The summed E-state index contributed by atoms with van der Waals surface area (Å²) < 4.78 is 6.71. The Balaban J connectivity index is 1.97. The normalized spacial score (nSPS) is 26.1. The summed E-state index contributed by atoms with van der Waals surface area (Å²) in [7, 11) is 0. The minimum atomic E-state index is 0.293. The van der Waals surface area contributed by atoms with Crippen LogP contribution >= 0.6 is 15.9 Å². The molecule has 0 aromatic heterocycles. The molecule has 94 valence electrons. The quantitative estimate of drug-likeness (QED) is 0.662. The fourth-order valence-electron chi connectivity index (χ4n) is 2.37. The average molecular weight is 299 g/mol. The average Bonchev–Trinajstić information content (AvgIpc) is 2.75. The Bertz CT molecular complexity index is 355. The van der Waals surface area contributed by atoms with Gasteiger partial charge < -0.3 is 4.74 Å². The molecule has 4 heteroatoms. The molecule has 1 aliphatic rings. The van der Waals surface area contributed by atoms with Gasteiger partial charge >= 0.3 is 0 Å². The molecule has 1 aliphatic heterocycles. The van der Waals surface area contributed by atoms with Gasteiger partial charge in [0.2, 0.25) is 0 Å². The Labute approximate surface area is 111 Å². The van der Waals surface area contributed by atoms with Gasteiger partial charge in [-0.1, -0.05) is 28.1 Å². The van der Waals surface area contributed by atoms with Gasteiger partial charge in [-0.3, -0.25) is 11.3 Å². The third kappa shape index (κ3) is 3.52. The van der Waals surface area contributed by atoms with Crippen molar-refractivity contribution in [3.63, 3.8) is 0 Å². The Morgan fingerprint density at radius 2 is 2.18 bits per heavy atom. The second-order valence-corrected chi connectivity index (χ2v) is 5.66. The summed E-state index contributed by atoms with van der Waals surface area (Å²) in [5.41, 5.74) is 4.24. The first-order chi connectivity index (χ1) is 8.19. The lowest BCUT2D eigenvalue weighted by Gasteiger charge is -2.21. The second kappa shape index (κ2) is 5.96. The predicted octanol–water partition coefficient (Wildman–Crippen LogP) is 2.25. The summed E-state index contributed by atoms with van der Waals surface area (Å²) in [6.07, 6.45) is 2.40. The molecule has 3 nitrogen and oxygen atoms in total. The second-order valence-electron chi connectivity index (χ2n) is 4.74. The van der Waals surface area contributed by atoms with E-state index in [2.05, 4.69) is 52.5 Å². The molecule has 0 bridgehead atoms. The highest BCUT2D eigenvalue weighted by Crippen LogP contribution is 2.24. The zero-order valence-electron chi connectivity index (χ0n) is 10.0. The lowest BCUT2D eigenvalue weighted by Crippen LogP contribution is -2.42. The van der Waals surface area contributed by atoms with Crippen molar-refractivity contribution in [3.8, 4) is 0 Å². The molecule has 1 fully saturated rings. The SMILES string of the molecule is CC1CC(C(Cc2ccc(Br)cc2)NN)CO1. The van der Waals surface area contributed by atoms with Crippen LogP contribution in [-0.4, -0.2) is 18.8 Å². The van der Waals surface area contributed by atoms with E-state index in [1.165, 1.54) is 5.56 Å². The first kappa shape index (κ1) is 13.0. The van der Waals surface area contributed by atoms with Crippen LogP contribution in [0.5, 0.6) is 0 Å². The standard InChI is InChI=1S/C13H19BrN2O/c1-9-6-11(8-17-9)13(16-15)7-10-2-4-12(14)5-3-10/h2-5,9,11,13,16H,6-8,15H2,1H3. The third-order valence-electron chi connectivity index (χ3n) is 3.38. The van der Waals surface area contributed by atoms with E-state index in [4.69, 9.17) is 10.6 Å². The van der Waals surface area contributed by atoms with Crippen LogP contribution in [-0.2, 0) is 11.2 Å². The molecule has 0 radical (unpaired) electrons. The van der Waals surface area contributed by atoms with E-state index in [0.717, 1.165) is 23.9 Å².